The van der Waals surface area contributed by atoms with E-state index in [4.69, 9.17) is 4.74 Å². The Bertz CT molecular complexity index is 752. The van der Waals surface area contributed by atoms with E-state index in [2.05, 4.69) is 26.6 Å². The first-order chi connectivity index (χ1) is 11.7. The third-order valence-corrected chi connectivity index (χ3v) is 3.63. The Kier molecular flexibility index (Phi) is 6.20. The molecule has 2 N–H and O–H groups in total. The van der Waals surface area contributed by atoms with Gasteiger partial charge in [-0.3, -0.25) is 10.1 Å². The second kappa shape index (κ2) is 8.16. The molecule has 0 atom stereocenters. The fourth-order valence-electron chi connectivity index (χ4n) is 2.04. The van der Waals surface area contributed by atoms with Crippen molar-refractivity contribution in [3.63, 3.8) is 0 Å². The number of hydrogen-bond donors (Lipinski definition) is 2. The number of hydrogen-bond acceptors (Lipinski definition) is 3. The van der Waals surface area contributed by atoms with Crippen LogP contribution in [0.3, 0.4) is 0 Å². The molecule has 2 aromatic rings. The van der Waals surface area contributed by atoms with Gasteiger partial charge in [-0.2, -0.15) is 0 Å². The minimum atomic E-state index is -0.541. The molecule has 0 fully saturated rings. The highest BCUT2D eigenvalue weighted by molar-refractivity contribution is 9.10. The molecule has 0 saturated carbocycles. The second-order valence-corrected chi connectivity index (χ2v) is 7.43. The van der Waals surface area contributed by atoms with Gasteiger partial charge in [0.1, 0.15) is 5.60 Å². The maximum atomic E-state index is 12.1. The van der Waals surface area contributed by atoms with Crippen molar-refractivity contribution < 1.29 is 14.3 Å². The Labute approximate surface area is 155 Å². The minimum Gasteiger partial charge on any atom is -0.444 e. The zero-order chi connectivity index (χ0) is 18.4. The molecular formula is C19H21BrN2O3. The number of carbonyl (C=O) groups excluding carboxylic acids is 2. The molecule has 0 aliphatic heterocycles. The quantitative estimate of drug-likeness (QED) is 0.773. The lowest BCUT2D eigenvalue weighted by molar-refractivity contribution is 0.0635. The SMILES string of the molecule is CC(C)(C)OC(=O)Nc1ccc(CNC(=O)c2cccc(Br)c2)cc1. The van der Waals surface area contributed by atoms with Gasteiger partial charge in [0, 0.05) is 22.3 Å². The summed E-state index contributed by atoms with van der Waals surface area (Å²) >= 11 is 3.35. The minimum absolute atomic E-state index is 0.141. The van der Waals surface area contributed by atoms with Crippen LogP contribution in [0.4, 0.5) is 10.5 Å². The van der Waals surface area contributed by atoms with Gasteiger partial charge >= 0.3 is 6.09 Å². The molecule has 132 valence electrons. The first kappa shape index (κ1) is 19.0. The fraction of sp³-hybridized carbons (Fsp3) is 0.263. The summed E-state index contributed by atoms with van der Waals surface area (Å²) in [6, 6.07) is 14.4. The fourth-order valence-corrected chi connectivity index (χ4v) is 2.44. The number of nitrogens with one attached hydrogen (secondary N) is 2. The Morgan fingerprint density at radius 3 is 2.36 bits per heavy atom. The summed E-state index contributed by atoms with van der Waals surface area (Å²) in [6.45, 7) is 5.83. The molecule has 0 saturated heterocycles. The third-order valence-electron chi connectivity index (χ3n) is 3.14. The lowest BCUT2D eigenvalue weighted by Gasteiger charge is -2.19. The first-order valence-electron chi connectivity index (χ1n) is 7.86. The monoisotopic (exact) mass is 404 g/mol. The molecule has 0 heterocycles. The topological polar surface area (TPSA) is 67.4 Å². The van der Waals surface area contributed by atoms with E-state index < -0.39 is 11.7 Å². The summed E-state index contributed by atoms with van der Waals surface area (Å²) in [4.78, 5) is 23.8. The van der Waals surface area contributed by atoms with Crippen molar-refractivity contribution in [1.29, 1.82) is 0 Å². The van der Waals surface area contributed by atoms with Crippen LogP contribution in [0.5, 0.6) is 0 Å². The molecule has 2 amide bonds. The molecular weight excluding hydrogens is 384 g/mol. The average Bonchev–Trinajstić information content (AvgIpc) is 2.52. The summed E-state index contributed by atoms with van der Waals surface area (Å²) < 4.78 is 6.06. The molecule has 25 heavy (non-hydrogen) atoms. The summed E-state index contributed by atoms with van der Waals surface area (Å²) in [5.74, 6) is -0.141. The lowest BCUT2D eigenvalue weighted by atomic mass is 10.2. The van der Waals surface area contributed by atoms with Gasteiger partial charge in [-0.1, -0.05) is 34.1 Å². The first-order valence-corrected chi connectivity index (χ1v) is 8.65. The maximum Gasteiger partial charge on any atom is 0.412 e. The highest BCUT2D eigenvalue weighted by atomic mass is 79.9. The molecule has 2 aromatic carbocycles. The summed E-state index contributed by atoms with van der Waals surface area (Å²) in [6.07, 6.45) is -0.497. The smallest absolute Gasteiger partial charge is 0.412 e. The van der Waals surface area contributed by atoms with Gasteiger partial charge in [0.15, 0.2) is 0 Å². The van der Waals surface area contributed by atoms with Crippen molar-refractivity contribution in [2.75, 3.05) is 5.32 Å². The van der Waals surface area contributed by atoms with Gasteiger partial charge in [-0.05, 0) is 56.7 Å². The second-order valence-electron chi connectivity index (χ2n) is 6.52. The number of halogens is 1. The van der Waals surface area contributed by atoms with Gasteiger partial charge < -0.3 is 10.1 Å². The molecule has 0 aromatic heterocycles. The van der Waals surface area contributed by atoms with Crippen LogP contribution in [0, 0.1) is 0 Å². The van der Waals surface area contributed by atoms with Gasteiger partial charge in [0.05, 0.1) is 0 Å². The number of carbonyl (C=O) groups is 2. The largest absolute Gasteiger partial charge is 0.444 e. The van der Waals surface area contributed by atoms with Crippen LogP contribution < -0.4 is 10.6 Å². The van der Waals surface area contributed by atoms with E-state index in [0.717, 1.165) is 10.0 Å². The number of rotatable bonds is 4. The van der Waals surface area contributed by atoms with Crippen LogP contribution >= 0.6 is 15.9 Å². The Balaban J connectivity index is 1.88. The van der Waals surface area contributed by atoms with E-state index in [1.54, 1.807) is 24.3 Å². The lowest BCUT2D eigenvalue weighted by Crippen LogP contribution is -2.27. The van der Waals surface area contributed by atoms with Gasteiger partial charge in [-0.15, -0.1) is 0 Å². The van der Waals surface area contributed by atoms with Gasteiger partial charge in [-0.25, -0.2) is 4.79 Å². The number of amides is 2. The predicted octanol–water partition coefficient (Wildman–Crippen LogP) is 4.73. The highest BCUT2D eigenvalue weighted by Gasteiger charge is 2.16. The van der Waals surface area contributed by atoms with Crippen molar-refractivity contribution in [2.24, 2.45) is 0 Å². The molecule has 6 heteroatoms. The normalized spacial score (nSPS) is 10.9. The summed E-state index contributed by atoms with van der Waals surface area (Å²) in [5, 5.41) is 5.53. The Hall–Kier alpha value is -2.34. The van der Waals surface area contributed by atoms with Crippen LogP contribution in [0.15, 0.2) is 53.0 Å². The maximum absolute atomic E-state index is 12.1. The third kappa shape index (κ3) is 6.58. The van der Waals surface area contributed by atoms with E-state index in [1.165, 1.54) is 0 Å². The molecule has 0 aliphatic carbocycles. The van der Waals surface area contributed by atoms with E-state index in [-0.39, 0.29) is 5.91 Å². The van der Waals surface area contributed by atoms with Crippen molar-refractivity contribution in [1.82, 2.24) is 5.32 Å². The van der Waals surface area contributed by atoms with Crippen molar-refractivity contribution in [2.45, 2.75) is 32.9 Å². The van der Waals surface area contributed by atoms with E-state index in [1.807, 2.05) is 45.0 Å². The zero-order valence-electron chi connectivity index (χ0n) is 14.4. The van der Waals surface area contributed by atoms with Crippen LogP contribution in [-0.2, 0) is 11.3 Å². The summed E-state index contributed by atoms with van der Waals surface area (Å²) in [5.41, 5.74) is 1.62. The predicted molar refractivity (Wildman–Crippen MR) is 102 cm³/mol. The summed E-state index contributed by atoms with van der Waals surface area (Å²) in [7, 11) is 0. The highest BCUT2D eigenvalue weighted by Crippen LogP contribution is 2.14. The van der Waals surface area contributed by atoms with Crippen molar-refractivity contribution in [3.05, 3.63) is 64.1 Å². The van der Waals surface area contributed by atoms with Crippen LogP contribution in [0.25, 0.3) is 0 Å². The number of anilines is 1. The van der Waals surface area contributed by atoms with E-state index in [9.17, 15) is 9.59 Å². The molecule has 0 unspecified atom stereocenters. The van der Waals surface area contributed by atoms with Crippen molar-refractivity contribution >= 4 is 33.6 Å². The van der Waals surface area contributed by atoms with Gasteiger partial charge in [0.2, 0.25) is 0 Å². The average molecular weight is 405 g/mol. The van der Waals surface area contributed by atoms with E-state index >= 15 is 0 Å². The molecule has 0 bridgehead atoms. The van der Waals surface area contributed by atoms with Crippen LogP contribution in [0.2, 0.25) is 0 Å². The zero-order valence-corrected chi connectivity index (χ0v) is 16.0. The van der Waals surface area contributed by atoms with Gasteiger partial charge in [0.25, 0.3) is 5.91 Å². The molecule has 5 nitrogen and oxygen atoms in total. The molecule has 0 aliphatic rings. The number of benzene rings is 2. The standard InChI is InChI=1S/C19H21BrN2O3/c1-19(2,3)25-18(24)22-16-9-7-13(8-10-16)12-21-17(23)14-5-4-6-15(20)11-14/h4-11H,12H2,1-3H3,(H,21,23)(H,22,24). The molecule has 0 radical (unpaired) electrons. The molecule has 0 spiro atoms. The van der Waals surface area contributed by atoms with Crippen molar-refractivity contribution in [3.8, 4) is 0 Å². The number of ether oxygens (including phenoxy) is 1. The Morgan fingerprint density at radius 1 is 1.08 bits per heavy atom. The van der Waals surface area contributed by atoms with Crippen LogP contribution in [-0.4, -0.2) is 17.6 Å². The molecule has 2 rings (SSSR count). The van der Waals surface area contributed by atoms with E-state index in [0.29, 0.717) is 17.8 Å². The Morgan fingerprint density at radius 2 is 1.76 bits per heavy atom. The van der Waals surface area contributed by atoms with Crippen LogP contribution in [0.1, 0.15) is 36.7 Å².